The Bertz CT molecular complexity index is 98.5. The smallest absolute Gasteiger partial charge is 0.0584 e. The SMILES string of the molecule is COCCCCN(C)C(C)CO. The van der Waals surface area contributed by atoms with Crippen LogP contribution in [0, 0.1) is 0 Å². The molecule has 0 aliphatic heterocycles. The number of ether oxygens (including phenoxy) is 1. The number of unbranched alkanes of at least 4 members (excludes halogenated alkanes) is 1. The lowest BCUT2D eigenvalue weighted by Crippen LogP contribution is -2.32. The second-order valence-electron chi connectivity index (χ2n) is 3.21. The molecule has 3 nitrogen and oxygen atoms in total. The Morgan fingerprint density at radius 3 is 2.58 bits per heavy atom. The van der Waals surface area contributed by atoms with Gasteiger partial charge >= 0.3 is 0 Å². The molecule has 0 heterocycles. The summed E-state index contributed by atoms with van der Waals surface area (Å²) >= 11 is 0. The normalized spacial score (nSPS) is 13.8. The number of hydrogen-bond donors (Lipinski definition) is 1. The van der Waals surface area contributed by atoms with Gasteiger partial charge in [-0.25, -0.2) is 0 Å². The van der Waals surface area contributed by atoms with Gasteiger partial charge in [0.1, 0.15) is 0 Å². The molecule has 0 bridgehead atoms. The predicted octanol–water partition coefficient (Wildman–Crippen LogP) is 0.726. The molecule has 0 aromatic rings. The molecule has 1 atom stereocenters. The summed E-state index contributed by atoms with van der Waals surface area (Å²) in [7, 11) is 3.76. The third-order valence-electron chi connectivity index (χ3n) is 2.13. The molecule has 0 spiro atoms. The third-order valence-corrected chi connectivity index (χ3v) is 2.13. The van der Waals surface area contributed by atoms with Crippen LogP contribution in [0.25, 0.3) is 0 Å². The number of likely N-dealkylation sites (N-methyl/N-ethyl adjacent to an activating group) is 1. The molecule has 0 rings (SSSR count). The van der Waals surface area contributed by atoms with Gasteiger partial charge in [0, 0.05) is 19.8 Å². The van der Waals surface area contributed by atoms with E-state index in [1.807, 2.05) is 14.0 Å². The fourth-order valence-corrected chi connectivity index (χ4v) is 0.967. The summed E-state index contributed by atoms with van der Waals surface area (Å²) < 4.78 is 4.94. The first-order chi connectivity index (χ1) is 5.72. The standard InChI is InChI=1S/C9H21NO2/c1-9(8-11)10(2)6-4-5-7-12-3/h9,11H,4-8H2,1-3H3. The number of aliphatic hydroxyl groups excluding tert-OH is 1. The zero-order chi connectivity index (χ0) is 9.40. The minimum Gasteiger partial charge on any atom is -0.395 e. The van der Waals surface area contributed by atoms with Crippen LogP contribution in [0.3, 0.4) is 0 Å². The van der Waals surface area contributed by atoms with Crippen molar-refractivity contribution in [1.82, 2.24) is 4.90 Å². The Kier molecular flexibility index (Phi) is 7.45. The molecule has 0 amide bonds. The summed E-state index contributed by atoms with van der Waals surface area (Å²) in [4.78, 5) is 2.16. The van der Waals surface area contributed by atoms with E-state index in [4.69, 9.17) is 9.84 Å². The molecular weight excluding hydrogens is 154 g/mol. The molecule has 0 aliphatic carbocycles. The van der Waals surface area contributed by atoms with Crippen LogP contribution < -0.4 is 0 Å². The number of aliphatic hydroxyl groups is 1. The second kappa shape index (κ2) is 7.53. The van der Waals surface area contributed by atoms with Crippen molar-refractivity contribution in [1.29, 1.82) is 0 Å². The molecule has 1 unspecified atom stereocenters. The van der Waals surface area contributed by atoms with Gasteiger partial charge < -0.3 is 14.7 Å². The van der Waals surface area contributed by atoms with Crippen LogP contribution in [0.2, 0.25) is 0 Å². The molecule has 74 valence electrons. The Hall–Kier alpha value is -0.120. The summed E-state index contributed by atoms with van der Waals surface area (Å²) in [6.45, 7) is 4.13. The highest BCUT2D eigenvalue weighted by atomic mass is 16.5. The first-order valence-electron chi connectivity index (χ1n) is 4.52. The fraction of sp³-hybridized carbons (Fsp3) is 1.00. The number of methoxy groups -OCH3 is 1. The Balaban J connectivity index is 3.24. The topological polar surface area (TPSA) is 32.7 Å². The summed E-state index contributed by atoms with van der Waals surface area (Å²) in [6.07, 6.45) is 2.23. The van der Waals surface area contributed by atoms with Crippen molar-refractivity contribution in [2.24, 2.45) is 0 Å². The van der Waals surface area contributed by atoms with Crippen molar-refractivity contribution in [3.63, 3.8) is 0 Å². The van der Waals surface area contributed by atoms with Crippen molar-refractivity contribution in [3.8, 4) is 0 Å². The van der Waals surface area contributed by atoms with Gasteiger partial charge in [-0.2, -0.15) is 0 Å². The number of rotatable bonds is 7. The van der Waals surface area contributed by atoms with Crippen LogP contribution >= 0.6 is 0 Å². The molecular formula is C9H21NO2. The van der Waals surface area contributed by atoms with E-state index >= 15 is 0 Å². The summed E-state index contributed by atoms with van der Waals surface area (Å²) in [6, 6.07) is 0.271. The first-order valence-corrected chi connectivity index (χ1v) is 4.52. The summed E-state index contributed by atoms with van der Waals surface area (Å²) in [5.74, 6) is 0. The van der Waals surface area contributed by atoms with Crippen molar-refractivity contribution in [2.75, 3.05) is 33.9 Å². The molecule has 3 heteroatoms. The van der Waals surface area contributed by atoms with E-state index in [9.17, 15) is 0 Å². The van der Waals surface area contributed by atoms with E-state index in [0.29, 0.717) is 0 Å². The van der Waals surface area contributed by atoms with Gasteiger partial charge in [0.15, 0.2) is 0 Å². The molecule has 0 aliphatic rings. The maximum atomic E-state index is 8.84. The quantitative estimate of drug-likeness (QED) is 0.579. The highest BCUT2D eigenvalue weighted by Crippen LogP contribution is 1.98. The highest BCUT2D eigenvalue weighted by molar-refractivity contribution is 4.60. The largest absolute Gasteiger partial charge is 0.395 e. The molecule has 0 saturated carbocycles. The van der Waals surface area contributed by atoms with Gasteiger partial charge in [0.25, 0.3) is 0 Å². The van der Waals surface area contributed by atoms with Crippen LogP contribution in [0.4, 0.5) is 0 Å². The van der Waals surface area contributed by atoms with Gasteiger partial charge in [-0.1, -0.05) is 0 Å². The van der Waals surface area contributed by atoms with Crippen LogP contribution in [-0.2, 0) is 4.74 Å². The van der Waals surface area contributed by atoms with Gasteiger partial charge in [0.05, 0.1) is 6.61 Å². The molecule has 0 aromatic heterocycles. The van der Waals surface area contributed by atoms with Crippen molar-refractivity contribution in [2.45, 2.75) is 25.8 Å². The van der Waals surface area contributed by atoms with E-state index in [1.165, 1.54) is 0 Å². The van der Waals surface area contributed by atoms with Crippen LogP contribution in [0.1, 0.15) is 19.8 Å². The van der Waals surface area contributed by atoms with Crippen molar-refractivity contribution in [3.05, 3.63) is 0 Å². The van der Waals surface area contributed by atoms with E-state index in [2.05, 4.69) is 4.90 Å². The van der Waals surface area contributed by atoms with Gasteiger partial charge in [0.2, 0.25) is 0 Å². The van der Waals surface area contributed by atoms with E-state index < -0.39 is 0 Å². The predicted molar refractivity (Wildman–Crippen MR) is 50.3 cm³/mol. The van der Waals surface area contributed by atoms with Crippen LogP contribution in [0.15, 0.2) is 0 Å². The van der Waals surface area contributed by atoms with E-state index in [-0.39, 0.29) is 12.6 Å². The summed E-state index contributed by atoms with van der Waals surface area (Å²) in [5, 5.41) is 8.84. The van der Waals surface area contributed by atoms with Crippen molar-refractivity contribution < 1.29 is 9.84 Å². The van der Waals surface area contributed by atoms with Gasteiger partial charge in [-0.15, -0.1) is 0 Å². The maximum Gasteiger partial charge on any atom is 0.0584 e. The van der Waals surface area contributed by atoms with E-state index in [0.717, 1.165) is 26.0 Å². The third kappa shape index (κ3) is 5.52. The molecule has 1 N–H and O–H groups in total. The molecule has 0 saturated heterocycles. The minimum absolute atomic E-state index is 0.237. The first kappa shape index (κ1) is 11.9. The Morgan fingerprint density at radius 1 is 1.42 bits per heavy atom. The molecule has 0 aromatic carbocycles. The number of hydrogen-bond acceptors (Lipinski definition) is 3. The lowest BCUT2D eigenvalue weighted by Gasteiger charge is -2.22. The number of nitrogens with zero attached hydrogens (tertiary/aromatic N) is 1. The average Bonchev–Trinajstić information content (AvgIpc) is 2.10. The zero-order valence-electron chi connectivity index (χ0n) is 8.42. The average molecular weight is 175 g/mol. The lowest BCUT2D eigenvalue weighted by atomic mass is 10.2. The molecule has 0 fully saturated rings. The Morgan fingerprint density at radius 2 is 2.08 bits per heavy atom. The van der Waals surface area contributed by atoms with Crippen LogP contribution in [-0.4, -0.2) is 50.0 Å². The maximum absolute atomic E-state index is 8.84. The van der Waals surface area contributed by atoms with E-state index in [1.54, 1.807) is 7.11 Å². The zero-order valence-corrected chi connectivity index (χ0v) is 8.42. The molecule has 12 heavy (non-hydrogen) atoms. The Labute approximate surface area is 75.3 Å². The monoisotopic (exact) mass is 175 g/mol. The highest BCUT2D eigenvalue weighted by Gasteiger charge is 2.05. The van der Waals surface area contributed by atoms with Crippen molar-refractivity contribution >= 4 is 0 Å². The fourth-order valence-electron chi connectivity index (χ4n) is 0.967. The van der Waals surface area contributed by atoms with Gasteiger partial charge in [-0.05, 0) is 33.4 Å². The minimum atomic E-state index is 0.237. The van der Waals surface area contributed by atoms with Crippen LogP contribution in [0.5, 0.6) is 0 Å². The van der Waals surface area contributed by atoms with Gasteiger partial charge in [-0.3, -0.25) is 0 Å². The lowest BCUT2D eigenvalue weighted by molar-refractivity contribution is 0.148. The molecule has 0 radical (unpaired) electrons. The summed E-state index contributed by atoms with van der Waals surface area (Å²) in [5.41, 5.74) is 0. The second-order valence-corrected chi connectivity index (χ2v) is 3.21.